The van der Waals surface area contributed by atoms with E-state index in [0.717, 1.165) is 47.9 Å². The maximum atomic E-state index is 13.8. The molecule has 0 aliphatic heterocycles. The molecule has 1 aromatic carbocycles. The van der Waals surface area contributed by atoms with E-state index in [1.54, 1.807) is 18.3 Å². The first-order chi connectivity index (χ1) is 13.7. The van der Waals surface area contributed by atoms with Gasteiger partial charge < -0.3 is 0 Å². The topological polar surface area (TPSA) is 43.1 Å². The molecule has 0 radical (unpaired) electrons. The second-order valence-electron chi connectivity index (χ2n) is 7.95. The Morgan fingerprint density at radius 1 is 1.07 bits per heavy atom. The van der Waals surface area contributed by atoms with Gasteiger partial charge in [-0.3, -0.25) is 4.98 Å². The summed E-state index contributed by atoms with van der Waals surface area (Å²) in [4.78, 5) is 9.16. The number of aromatic nitrogens is 4. The Morgan fingerprint density at radius 2 is 1.93 bits per heavy atom. The van der Waals surface area contributed by atoms with Crippen LogP contribution in [0.2, 0.25) is 0 Å². The minimum Gasteiger partial charge on any atom is -0.256 e. The Morgan fingerprint density at radius 3 is 2.75 bits per heavy atom. The average molecular weight is 374 g/mol. The quantitative estimate of drug-likeness (QED) is 0.476. The van der Waals surface area contributed by atoms with Gasteiger partial charge >= 0.3 is 0 Å². The summed E-state index contributed by atoms with van der Waals surface area (Å²) in [7, 11) is 0. The summed E-state index contributed by atoms with van der Waals surface area (Å²) < 4.78 is 15.6. The van der Waals surface area contributed by atoms with Crippen molar-refractivity contribution in [3.8, 4) is 0 Å². The molecule has 1 fully saturated rings. The van der Waals surface area contributed by atoms with Gasteiger partial charge in [0.25, 0.3) is 0 Å². The lowest BCUT2D eigenvalue weighted by Crippen LogP contribution is -2.18. The first-order valence-electron chi connectivity index (χ1n) is 10.0. The Kier molecular flexibility index (Phi) is 4.30. The number of nitrogens with zero attached hydrogens (tertiary/aromatic N) is 4. The number of halogens is 1. The summed E-state index contributed by atoms with van der Waals surface area (Å²) in [6, 6.07) is 10.9. The minimum atomic E-state index is -0.190. The largest absolute Gasteiger partial charge is 0.256 e. The Bertz CT molecular complexity index is 1090. The van der Waals surface area contributed by atoms with Crippen molar-refractivity contribution in [3.63, 3.8) is 0 Å². The molecule has 5 heteroatoms. The minimum absolute atomic E-state index is 0.190. The standard InChI is InChI=1S/C23H23FN4/c1-15(22-14-28-23(27-22)3-2-11-26-28)16-4-6-17(7-5-16)19-10-12-25-21-9-8-18(24)13-20(19)21/h2-3,8-17H,4-7H2,1H3/t15?,16-,17+. The van der Waals surface area contributed by atoms with Crippen LogP contribution in [-0.2, 0) is 0 Å². The highest BCUT2D eigenvalue weighted by atomic mass is 19.1. The molecule has 1 unspecified atom stereocenters. The zero-order chi connectivity index (χ0) is 19.1. The van der Waals surface area contributed by atoms with Crippen LogP contribution in [-0.4, -0.2) is 19.6 Å². The highest BCUT2D eigenvalue weighted by Gasteiger charge is 2.29. The van der Waals surface area contributed by atoms with Crippen LogP contribution in [0.3, 0.4) is 0 Å². The predicted octanol–water partition coefficient (Wildman–Crippen LogP) is 5.49. The van der Waals surface area contributed by atoms with Gasteiger partial charge in [-0.15, -0.1) is 0 Å². The number of rotatable bonds is 3. The second-order valence-corrected chi connectivity index (χ2v) is 7.95. The highest BCUT2D eigenvalue weighted by Crippen LogP contribution is 2.42. The predicted molar refractivity (Wildman–Crippen MR) is 108 cm³/mol. The lowest BCUT2D eigenvalue weighted by atomic mass is 9.73. The van der Waals surface area contributed by atoms with E-state index in [-0.39, 0.29) is 5.82 Å². The third kappa shape index (κ3) is 3.05. The van der Waals surface area contributed by atoms with Gasteiger partial charge in [-0.25, -0.2) is 13.9 Å². The molecule has 0 saturated heterocycles. The van der Waals surface area contributed by atoms with Crippen LogP contribution in [0.25, 0.3) is 16.6 Å². The molecule has 5 rings (SSSR count). The summed E-state index contributed by atoms with van der Waals surface area (Å²) >= 11 is 0. The van der Waals surface area contributed by atoms with Crippen LogP contribution in [0, 0.1) is 11.7 Å². The van der Waals surface area contributed by atoms with Crippen molar-refractivity contribution in [3.05, 3.63) is 72.1 Å². The van der Waals surface area contributed by atoms with Crippen molar-refractivity contribution < 1.29 is 4.39 Å². The van der Waals surface area contributed by atoms with E-state index in [0.29, 0.717) is 17.8 Å². The zero-order valence-corrected chi connectivity index (χ0v) is 15.9. The number of fused-ring (bicyclic) bond motifs is 2. The van der Waals surface area contributed by atoms with Crippen molar-refractivity contribution in [1.82, 2.24) is 19.6 Å². The maximum absolute atomic E-state index is 13.8. The van der Waals surface area contributed by atoms with Crippen LogP contribution in [0.1, 0.15) is 55.7 Å². The molecule has 0 bridgehead atoms. The van der Waals surface area contributed by atoms with Gasteiger partial charge in [0.15, 0.2) is 5.65 Å². The summed E-state index contributed by atoms with van der Waals surface area (Å²) in [6.07, 6.45) is 10.3. The van der Waals surface area contributed by atoms with E-state index < -0.39 is 0 Å². The van der Waals surface area contributed by atoms with E-state index in [1.807, 2.05) is 22.8 Å². The van der Waals surface area contributed by atoms with Crippen molar-refractivity contribution in [2.75, 3.05) is 0 Å². The summed E-state index contributed by atoms with van der Waals surface area (Å²) in [5, 5.41) is 5.30. The van der Waals surface area contributed by atoms with Gasteiger partial charge in [0.1, 0.15) is 5.82 Å². The number of hydrogen-bond acceptors (Lipinski definition) is 3. The molecule has 1 atom stereocenters. The van der Waals surface area contributed by atoms with Crippen LogP contribution in [0.5, 0.6) is 0 Å². The lowest BCUT2D eigenvalue weighted by Gasteiger charge is -2.32. The van der Waals surface area contributed by atoms with Gasteiger partial charge in [-0.05, 0) is 79.5 Å². The van der Waals surface area contributed by atoms with Gasteiger partial charge in [0, 0.05) is 23.7 Å². The van der Waals surface area contributed by atoms with Crippen molar-refractivity contribution in [2.45, 2.75) is 44.4 Å². The zero-order valence-electron chi connectivity index (χ0n) is 15.9. The fourth-order valence-corrected chi connectivity index (χ4v) is 4.74. The number of pyridine rings is 1. The van der Waals surface area contributed by atoms with Crippen LogP contribution < -0.4 is 0 Å². The van der Waals surface area contributed by atoms with Crippen molar-refractivity contribution in [2.24, 2.45) is 5.92 Å². The fraction of sp³-hybridized carbons (Fsp3) is 0.348. The molecule has 3 heterocycles. The molecule has 28 heavy (non-hydrogen) atoms. The first kappa shape index (κ1) is 17.3. The third-order valence-electron chi connectivity index (χ3n) is 6.38. The van der Waals surface area contributed by atoms with Gasteiger partial charge in [0.05, 0.1) is 17.4 Å². The molecule has 4 nitrogen and oxygen atoms in total. The fourth-order valence-electron chi connectivity index (χ4n) is 4.74. The monoisotopic (exact) mass is 374 g/mol. The molecule has 1 aliphatic carbocycles. The summed E-state index contributed by atoms with van der Waals surface area (Å²) in [6.45, 7) is 2.28. The van der Waals surface area contributed by atoms with E-state index in [9.17, 15) is 4.39 Å². The molecular formula is C23H23FN4. The molecule has 4 aromatic rings. The SMILES string of the molecule is CC(c1cn2ncccc2n1)[C@H]1CC[C@@H](c2ccnc3ccc(F)cc32)CC1. The summed E-state index contributed by atoms with van der Waals surface area (Å²) in [5.74, 6) is 1.31. The number of benzene rings is 1. The van der Waals surface area contributed by atoms with Crippen molar-refractivity contribution >= 4 is 16.6 Å². The van der Waals surface area contributed by atoms with E-state index in [4.69, 9.17) is 4.98 Å². The van der Waals surface area contributed by atoms with E-state index in [1.165, 1.54) is 11.6 Å². The third-order valence-corrected chi connectivity index (χ3v) is 6.38. The molecule has 0 N–H and O–H groups in total. The average Bonchev–Trinajstić information content (AvgIpc) is 3.17. The molecule has 142 valence electrons. The molecular weight excluding hydrogens is 351 g/mol. The van der Waals surface area contributed by atoms with E-state index in [2.05, 4.69) is 29.3 Å². The smallest absolute Gasteiger partial charge is 0.153 e. The van der Waals surface area contributed by atoms with E-state index >= 15 is 0 Å². The second kappa shape index (κ2) is 6.97. The van der Waals surface area contributed by atoms with Gasteiger partial charge in [-0.2, -0.15) is 5.10 Å². The molecule has 0 amide bonds. The van der Waals surface area contributed by atoms with Gasteiger partial charge in [-0.1, -0.05) is 6.92 Å². The Balaban J connectivity index is 1.34. The molecule has 1 saturated carbocycles. The van der Waals surface area contributed by atoms with Crippen LogP contribution >= 0.6 is 0 Å². The number of hydrogen-bond donors (Lipinski definition) is 0. The van der Waals surface area contributed by atoms with Crippen LogP contribution in [0.4, 0.5) is 4.39 Å². The van der Waals surface area contributed by atoms with Crippen molar-refractivity contribution in [1.29, 1.82) is 0 Å². The normalized spacial score (nSPS) is 21.2. The van der Waals surface area contributed by atoms with Gasteiger partial charge in [0.2, 0.25) is 0 Å². The molecule has 3 aromatic heterocycles. The van der Waals surface area contributed by atoms with Crippen LogP contribution in [0.15, 0.2) is 55.0 Å². The number of imidazole rings is 1. The first-order valence-corrected chi connectivity index (χ1v) is 10.0. The highest BCUT2D eigenvalue weighted by molar-refractivity contribution is 5.82. The molecule has 0 spiro atoms. The molecule has 1 aliphatic rings. The Hall–Kier alpha value is -2.82. The Labute approximate surface area is 163 Å². The summed E-state index contributed by atoms with van der Waals surface area (Å²) in [5.41, 5.74) is 4.15. The lowest BCUT2D eigenvalue weighted by molar-refractivity contribution is 0.289. The maximum Gasteiger partial charge on any atom is 0.153 e.